The molecule has 11 rings (SSSR count). The van der Waals surface area contributed by atoms with E-state index in [1.165, 1.54) is 71.2 Å². The van der Waals surface area contributed by atoms with Gasteiger partial charge in [0.15, 0.2) is 0 Å². The first-order chi connectivity index (χ1) is 24.3. The van der Waals surface area contributed by atoms with Crippen molar-refractivity contribution in [2.75, 3.05) is 0 Å². The molecule has 3 heterocycles. The van der Waals surface area contributed by atoms with Crippen molar-refractivity contribution in [1.29, 1.82) is 0 Å². The van der Waals surface area contributed by atoms with Crippen LogP contribution in [0.4, 0.5) is 0 Å². The summed E-state index contributed by atoms with van der Waals surface area (Å²) < 4.78 is 11.3. The van der Waals surface area contributed by atoms with Crippen molar-refractivity contribution in [3.8, 4) is 22.5 Å². The maximum absolute atomic E-state index is 6.35. The second-order valence-corrected chi connectivity index (χ2v) is 12.9. The van der Waals surface area contributed by atoms with E-state index >= 15 is 0 Å². The van der Waals surface area contributed by atoms with Gasteiger partial charge in [0.05, 0.1) is 38.8 Å². The summed E-state index contributed by atoms with van der Waals surface area (Å²) in [6, 6.07) is 61.2. The van der Waals surface area contributed by atoms with Crippen LogP contribution in [0.1, 0.15) is 0 Å². The average molecular weight is 625 g/mol. The Morgan fingerprint density at radius 2 is 0.857 bits per heavy atom. The first-order valence-electron chi connectivity index (χ1n) is 16.8. The molecule has 0 atom stereocenters. The van der Waals surface area contributed by atoms with E-state index in [-0.39, 0.29) is 0 Å². The Morgan fingerprint density at radius 3 is 1.57 bits per heavy atom. The largest absolute Gasteiger partial charge is 0.456 e. The van der Waals surface area contributed by atoms with Gasteiger partial charge in [-0.3, -0.25) is 0 Å². The van der Waals surface area contributed by atoms with Crippen molar-refractivity contribution < 1.29 is 4.42 Å². The fourth-order valence-corrected chi connectivity index (χ4v) is 8.33. The predicted molar refractivity (Wildman–Crippen MR) is 205 cm³/mol. The third kappa shape index (κ3) is 3.62. The Bertz CT molecular complexity index is 3100. The maximum Gasteiger partial charge on any atom is 0.137 e. The number of para-hydroxylation sites is 3. The van der Waals surface area contributed by atoms with Crippen molar-refractivity contribution in [2.45, 2.75) is 0 Å². The third-order valence-corrected chi connectivity index (χ3v) is 10.3. The van der Waals surface area contributed by atoms with Crippen LogP contribution in [0.5, 0.6) is 0 Å². The van der Waals surface area contributed by atoms with Crippen LogP contribution in [0, 0.1) is 0 Å². The Hall–Kier alpha value is -6.58. The molecule has 3 aromatic heterocycles. The van der Waals surface area contributed by atoms with Crippen molar-refractivity contribution in [3.05, 3.63) is 170 Å². The summed E-state index contributed by atoms with van der Waals surface area (Å²) in [5.41, 5.74) is 11.3. The van der Waals surface area contributed by atoms with Gasteiger partial charge in [0.2, 0.25) is 0 Å². The lowest BCUT2D eigenvalue weighted by Crippen LogP contribution is -1.97. The summed E-state index contributed by atoms with van der Waals surface area (Å²) in [6.07, 6.45) is 0. The van der Waals surface area contributed by atoms with E-state index in [0.717, 1.165) is 27.6 Å². The van der Waals surface area contributed by atoms with Gasteiger partial charge < -0.3 is 13.6 Å². The van der Waals surface area contributed by atoms with Crippen LogP contribution in [0.3, 0.4) is 0 Å². The van der Waals surface area contributed by atoms with Gasteiger partial charge in [-0.25, -0.2) is 0 Å². The molecule has 3 nitrogen and oxygen atoms in total. The molecular formula is C46H28N2O. The number of fused-ring (bicyclic) bond motifs is 11. The van der Waals surface area contributed by atoms with E-state index < -0.39 is 0 Å². The number of furan rings is 1. The minimum absolute atomic E-state index is 0.896. The second kappa shape index (κ2) is 9.96. The van der Waals surface area contributed by atoms with Crippen LogP contribution in [0.2, 0.25) is 0 Å². The van der Waals surface area contributed by atoms with Crippen molar-refractivity contribution in [1.82, 2.24) is 9.13 Å². The van der Waals surface area contributed by atoms with E-state index in [1.54, 1.807) is 0 Å². The summed E-state index contributed by atoms with van der Waals surface area (Å²) in [6.45, 7) is 0. The Kier molecular flexibility index (Phi) is 5.38. The Balaban J connectivity index is 1.27. The quantitative estimate of drug-likeness (QED) is 0.192. The Morgan fingerprint density at radius 1 is 0.306 bits per heavy atom. The molecule has 0 fully saturated rings. The molecule has 0 aliphatic carbocycles. The van der Waals surface area contributed by atoms with Crippen molar-refractivity contribution in [3.63, 3.8) is 0 Å². The van der Waals surface area contributed by atoms with Crippen molar-refractivity contribution in [2.24, 2.45) is 0 Å². The normalized spacial score (nSPS) is 12.1. The summed E-state index contributed by atoms with van der Waals surface area (Å²) >= 11 is 0. The molecule has 8 aromatic carbocycles. The molecule has 0 aliphatic heterocycles. The molecule has 228 valence electrons. The van der Waals surface area contributed by atoms with Crippen molar-refractivity contribution >= 4 is 76.3 Å². The fraction of sp³-hybridized carbons (Fsp3) is 0. The standard InChI is InChI=1S/C46H28N2O/c1-2-13-29(14-3-1)30-25-26-38(32-16-5-4-15-31(30)32)47-36-20-9-6-17-33(36)45-40(47)27-28-41-46(45)34-18-7-10-21-37(34)48(41)39-22-12-24-43-44(39)35-19-8-11-23-42(35)49-43/h1-28H. The van der Waals surface area contributed by atoms with Crippen LogP contribution in [-0.2, 0) is 0 Å². The average Bonchev–Trinajstić information content (AvgIpc) is 3.82. The van der Waals surface area contributed by atoms with Gasteiger partial charge in [-0.15, -0.1) is 0 Å². The number of hydrogen-bond acceptors (Lipinski definition) is 1. The molecule has 0 N–H and O–H groups in total. The number of hydrogen-bond donors (Lipinski definition) is 0. The monoisotopic (exact) mass is 624 g/mol. The predicted octanol–water partition coefficient (Wildman–Crippen LogP) is 12.6. The summed E-state index contributed by atoms with van der Waals surface area (Å²) in [4.78, 5) is 0. The molecule has 0 amide bonds. The second-order valence-electron chi connectivity index (χ2n) is 12.9. The SMILES string of the molecule is c1ccc(-c2ccc(-n3c4ccccc4c4c5c6ccccc6n(-c6cccc7oc8ccccc8c67)c5ccc43)c3ccccc23)cc1. The Labute approximate surface area is 281 Å². The van der Waals surface area contributed by atoms with Crippen LogP contribution < -0.4 is 0 Å². The highest BCUT2D eigenvalue weighted by molar-refractivity contribution is 6.29. The highest BCUT2D eigenvalue weighted by Crippen LogP contribution is 2.45. The van der Waals surface area contributed by atoms with Gasteiger partial charge in [0.1, 0.15) is 11.2 Å². The molecule has 49 heavy (non-hydrogen) atoms. The molecule has 0 saturated heterocycles. The zero-order chi connectivity index (χ0) is 32.1. The number of benzene rings is 8. The smallest absolute Gasteiger partial charge is 0.137 e. The number of nitrogens with zero attached hydrogens (tertiary/aromatic N) is 2. The van der Waals surface area contributed by atoms with Gasteiger partial charge >= 0.3 is 0 Å². The van der Waals surface area contributed by atoms with Gasteiger partial charge in [-0.2, -0.15) is 0 Å². The molecule has 11 aromatic rings. The number of rotatable bonds is 3. The van der Waals surface area contributed by atoms with Gasteiger partial charge in [0, 0.05) is 32.3 Å². The first-order valence-corrected chi connectivity index (χ1v) is 16.8. The van der Waals surface area contributed by atoms with Crippen LogP contribution in [0.15, 0.2) is 174 Å². The van der Waals surface area contributed by atoms with Gasteiger partial charge in [-0.1, -0.05) is 121 Å². The molecule has 0 aliphatic rings. The molecular weight excluding hydrogens is 597 g/mol. The van der Waals surface area contributed by atoms with Gasteiger partial charge in [-0.05, 0) is 65.0 Å². The topological polar surface area (TPSA) is 23.0 Å². The minimum atomic E-state index is 0.896. The minimum Gasteiger partial charge on any atom is -0.456 e. The molecule has 3 heteroatoms. The lowest BCUT2D eigenvalue weighted by atomic mass is 9.97. The van der Waals surface area contributed by atoms with Crippen LogP contribution >= 0.6 is 0 Å². The van der Waals surface area contributed by atoms with E-state index in [1.807, 2.05) is 6.07 Å². The molecule has 0 saturated carbocycles. The van der Waals surface area contributed by atoms with E-state index in [9.17, 15) is 0 Å². The lowest BCUT2D eigenvalue weighted by Gasteiger charge is -2.15. The van der Waals surface area contributed by atoms with Crippen LogP contribution in [0.25, 0.3) is 98.8 Å². The molecule has 0 radical (unpaired) electrons. The molecule has 0 bridgehead atoms. The third-order valence-electron chi connectivity index (χ3n) is 10.3. The summed E-state index contributed by atoms with van der Waals surface area (Å²) in [7, 11) is 0. The van der Waals surface area contributed by atoms with E-state index in [4.69, 9.17) is 4.42 Å². The summed E-state index contributed by atoms with van der Waals surface area (Å²) in [5.74, 6) is 0. The van der Waals surface area contributed by atoms with Crippen LogP contribution in [-0.4, -0.2) is 9.13 Å². The highest BCUT2D eigenvalue weighted by atomic mass is 16.3. The lowest BCUT2D eigenvalue weighted by molar-refractivity contribution is 0.669. The zero-order valence-corrected chi connectivity index (χ0v) is 26.5. The maximum atomic E-state index is 6.35. The van der Waals surface area contributed by atoms with E-state index in [0.29, 0.717) is 0 Å². The summed E-state index contributed by atoms with van der Waals surface area (Å²) in [5, 5.41) is 9.74. The van der Waals surface area contributed by atoms with E-state index in [2.05, 4.69) is 173 Å². The van der Waals surface area contributed by atoms with Gasteiger partial charge in [0.25, 0.3) is 0 Å². The fourth-order valence-electron chi connectivity index (χ4n) is 8.33. The molecule has 0 unspecified atom stereocenters. The highest BCUT2D eigenvalue weighted by Gasteiger charge is 2.23. The first kappa shape index (κ1) is 26.5. The zero-order valence-electron chi connectivity index (χ0n) is 26.5. The molecule has 0 spiro atoms. The number of aromatic nitrogens is 2.